The Hall–Kier alpha value is -1.71. The molecule has 0 spiro atoms. The van der Waals surface area contributed by atoms with Gasteiger partial charge in [0, 0.05) is 20.0 Å². The maximum atomic E-state index is 11.2. The molecule has 21 heavy (non-hydrogen) atoms. The summed E-state index contributed by atoms with van der Waals surface area (Å²) in [5.74, 6) is -1.11. The molecule has 0 atom stereocenters. The summed E-state index contributed by atoms with van der Waals surface area (Å²) in [6, 6.07) is 0. The normalized spacial score (nSPS) is 14.6. The molecule has 0 aromatic rings. The maximum absolute atomic E-state index is 11.2. The van der Waals surface area contributed by atoms with Gasteiger partial charge in [-0.3, -0.25) is 14.4 Å². The molecule has 0 radical (unpaired) electrons. The van der Waals surface area contributed by atoms with E-state index in [1.807, 2.05) is 0 Å². The first-order valence-electron chi connectivity index (χ1n) is 6.50. The average molecular weight is 305 g/mol. The van der Waals surface area contributed by atoms with Crippen molar-refractivity contribution in [1.29, 1.82) is 0 Å². The van der Waals surface area contributed by atoms with Crippen molar-refractivity contribution in [3.8, 4) is 0 Å². The van der Waals surface area contributed by atoms with Crippen LogP contribution in [-0.4, -0.2) is 69.8 Å². The molecule has 1 aliphatic heterocycles. The smallest absolute Gasteiger partial charge is 0.430 e. The molecule has 1 saturated heterocycles. The van der Waals surface area contributed by atoms with Crippen LogP contribution in [0.2, 0.25) is 0 Å². The molecule has 9 nitrogen and oxygen atoms in total. The summed E-state index contributed by atoms with van der Waals surface area (Å²) < 4.78 is 19.7. The number of carbonyl (C=O) groups is 3. The second-order valence-electron chi connectivity index (χ2n) is 3.99. The Bertz CT molecular complexity index is 343. The zero-order valence-corrected chi connectivity index (χ0v) is 11.9. The third-order valence-electron chi connectivity index (χ3n) is 2.42. The second kappa shape index (κ2) is 10.1. The highest BCUT2D eigenvalue weighted by atomic mass is 16.8. The van der Waals surface area contributed by atoms with Gasteiger partial charge in [-0.15, -0.1) is 0 Å². The van der Waals surface area contributed by atoms with Gasteiger partial charge in [-0.2, -0.15) is 0 Å². The molecule has 0 unspecified atom stereocenters. The lowest BCUT2D eigenvalue weighted by Gasteiger charge is -2.12. The van der Waals surface area contributed by atoms with Crippen molar-refractivity contribution in [2.24, 2.45) is 0 Å². The van der Waals surface area contributed by atoms with E-state index in [1.54, 1.807) is 7.11 Å². The number of nitrogens with zero attached hydrogens (tertiary/aromatic N) is 1. The number of rotatable bonds is 10. The van der Waals surface area contributed by atoms with Crippen LogP contribution in [0.1, 0.15) is 12.8 Å². The Kier molecular flexibility index (Phi) is 8.32. The van der Waals surface area contributed by atoms with Crippen LogP contribution in [0.15, 0.2) is 0 Å². The summed E-state index contributed by atoms with van der Waals surface area (Å²) in [6.07, 6.45) is -1.03. The molecule has 1 fully saturated rings. The van der Waals surface area contributed by atoms with Crippen molar-refractivity contribution in [3.05, 3.63) is 0 Å². The summed E-state index contributed by atoms with van der Waals surface area (Å²) in [6.45, 7) is 1.87. The Morgan fingerprint density at radius 2 is 1.48 bits per heavy atom. The van der Waals surface area contributed by atoms with Gasteiger partial charge in [0.15, 0.2) is 0 Å². The van der Waals surface area contributed by atoms with Gasteiger partial charge in [0.05, 0.1) is 33.0 Å². The largest absolute Gasteiger partial charge is 0.534 e. The molecular formula is C12H19NO8. The molecule has 0 bridgehead atoms. The quantitative estimate of drug-likeness (QED) is 0.313. The van der Waals surface area contributed by atoms with Gasteiger partial charge in [0.25, 0.3) is 11.8 Å². The van der Waals surface area contributed by atoms with E-state index in [9.17, 15) is 14.4 Å². The third kappa shape index (κ3) is 7.02. The minimum atomic E-state index is -1.11. The van der Waals surface area contributed by atoms with Crippen LogP contribution >= 0.6 is 0 Å². The van der Waals surface area contributed by atoms with Crippen molar-refractivity contribution in [1.82, 2.24) is 5.06 Å². The third-order valence-corrected chi connectivity index (χ3v) is 2.42. The number of ether oxygens (including phenoxy) is 4. The molecule has 1 rings (SSSR count). The van der Waals surface area contributed by atoms with Gasteiger partial charge in [-0.1, -0.05) is 5.06 Å². The van der Waals surface area contributed by atoms with E-state index < -0.39 is 18.0 Å². The lowest BCUT2D eigenvalue weighted by molar-refractivity contribution is -0.177. The van der Waals surface area contributed by atoms with Crippen molar-refractivity contribution >= 4 is 18.0 Å². The molecule has 1 heterocycles. The van der Waals surface area contributed by atoms with Crippen LogP contribution in [-0.2, 0) is 33.4 Å². The van der Waals surface area contributed by atoms with Crippen LogP contribution in [0.25, 0.3) is 0 Å². The maximum Gasteiger partial charge on any atom is 0.534 e. The van der Waals surface area contributed by atoms with E-state index >= 15 is 0 Å². The molecule has 2 amide bonds. The highest BCUT2D eigenvalue weighted by Crippen LogP contribution is 2.12. The number of imide groups is 1. The monoisotopic (exact) mass is 305 g/mol. The fourth-order valence-electron chi connectivity index (χ4n) is 1.41. The van der Waals surface area contributed by atoms with E-state index in [1.165, 1.54) is 0 Å². The fraction of sp³-hybridized carbons (Fsp3) is 0.750. The first-order valence-corrected chi connectivity index (χ1v) is 6.50. The molecule has 120 valence electrons. The number of hydroxylamine groups is 2. The predicted molar refractivity (Wildman–Crippen MR) is 67.0 cm³/mol. The van der Waals surface area contributed by atoms with Crippen molar-refractivity contribution in [2.75, 3.05) is 46.8 Å². The van der Waals surface area contributed by atoms with Crippen LogP contribution in [0, 0.1) is 0 Å². The number of hydrogen-bond donors (Lipinski definition) is 0. The number of hydrogen-bond acceptors (Lipinski definition) is 8. The van der Waals surface area contributed by atoms with E-state index in [0.717, 1.165) is 0 Å². The van der Waals surface area contributed by atoms with Gasteiger partial charge in [0.1, 0.15) is 6.61 Å². The Morgan fingerprint density at radius 3 is 2.05 bits per heavy atom. The lowest BCUT2D eigenvalue weighted by atomic mass is 10.4. The molecule has 9 heteroatoms. The predicted octanol–water partition coefficient (Wildman–Crippen LogP) is -0.117. The minimum absolute atomic E-state index is 0.0400. The zero-order valence-electron chi connectivity index (χ0n) is 11.9. The SMILES string of the molecule is COCCOCCOCCOC(=O)ON1C(=O)CCC1=O. The van der Waals surface area contributed by atoms with Crippen molar-refractivity contribution in [2.45, 2.75) is 12.8 Å². The van der Waals surface area contributed by atoms with E-state index in [4.69, 9.17) is 14.2 Å². The zero-order chi connectivity index (χ0) is 15.5. The van der Waals surface area contributed by atoms with Gasteiger partial charge in [-0.25, -0.2) is 4.79 Å². The van der Waals surface area contributed by atoms with E-state index in [0.29, 0.717) is 31.5 Å². The topological polar surface area (TPSA) is 101 Å². The Labute approximate surface area is 122 Å². The second-order valence-corrected chi connectivity index (χ2v) is 3.99. The summed E-state index contributed by atoms with van der Waals surface area (Å²) in [7, 11) is 1.58. The molecule has 0 saturated carbocycles. The molecule has 0 aromatic heterocycles. The van der Waals surface area contributed by atoms with E-state index in [-0.39, 0.29) is 26.1 Å². The van der Waals surface area contributed by atoms with Crippen molar-refractivity contribution < 1.29 is 38.2 Å². The first-order chi connectivity index (χ1) is 10.1. The summed E-state index contributed by atoms with van der Waals surface area (Å²) in [4.78, 5) is 38.0. The van der Waals surface area contributed by atoms with Crippen LogP contribution in [0.3, 0.4) is 0 Å². The number of amides is 2. The highest BCUT2D eigenvalue weighted by molar-refractivity contribution is 6.01. The summed E-state index contributed by atoms with van der Waals surface area (Å²) in [5, 5.41) is 0.423. The van der Waals surface area contributed by atoms with Gasteiger partial charge in [0.2, 0.25) is 0 Å². The highest BCUT2D eigenvalue weighted by Gasteiger charge is 2.33. The lowest BCUT2D eigenvalue weighted by Crippen LogP contribution is -2.32. The van der Waals surface area contributed by atoms with Crippen LogP contribution < -0.4 is 0 Å². The van der Waals surface area contributed by atoms with Crippen molar-refractivity contribution in [3.63, 3.8) is 0 Å². The van der Waals surface area contributed by atoms with Gasteiger partial charge in [-0.05, 0) is 0 Å². The van der Waals surface area contributed by atoms with E-state index in [2.05, 4.69) is 9.57 Å². The minimum Gasteiger partial charge on any atom is -0.430 e. The van der Waals surface area contributed by atoms with Crippen LogP contribution in [0.5, 0.6) is 0 Å². The van der Waals surface area contributed by atoms with Gasteiger partial charge >= 0.3 is 6.16 Å². The first kappa shape index (κ1) is 17.3. The fourth-order valence-corrected chi connectivity index (χ4v) is 1.41. The number of methoxy groups -OCH3 is 1. The van der Waals surface area contributed by atoms with Crippen LogP contribution in [0.4, 0.5) is 4.79 Å². The Balaban J connectivity index is 1.96. The Morgan fingerprint density at radius 1 is 0.952 bits per heavy atom. The standard InChI is InChI=1S/C12H19NO8/c1-17-4-5-18-6-7-19-8-9-20-12(16)21-13-10(14)2-3-11(13)15/h2-9H2,1H3. The molecular weight excluding hydrogens is 286 g/mol. The molecule has 0 aromatic carbocycles. The molecule has 1 aliphatic rings. The summed E-state index contributed by atoms with van der Waals surface area (Å²) in [5.41, 5.74) is 0. The van der Waals surface area contributed by atoms with Gasteiger partial charge < -0.3 is 18.9 Å². The average Bonchev–Trinajstić information content (AvgIpc) is 2.77. The summed E-state index contributed by atoms with van der Waals surface area (Å²) >= 11 is 0. The number of carbonyl (C=O) groups excluding carboxylic acids is 3. The molecule has 0 N–H and O–H groups in total. The molecule has 0 aliphatic carbocycles.